The lowest BCUT2D eigenvalue weighted by Crippen LogP contribution is -2.23. The third kappa shape index (κ3) is 2.74. The van der Waals surface area contributed by atoms with Crippen molar-refractivity contribution in [1.82, 2.24) is 5.32 Å². The summed E-state index contributed by atoms with van der Waals surface area (Å²) in [5.74, 6) is -0.265. The first-order valence-corrected chi connectivity index (χ1v) is 7.11. The van der Waals surface area contributed by atoms with E-state index in [1.165, 1.54) is 10.9 Å². The molecule has 0 spiro atoms. The summed E-state index contributed by atoms with van der Waals surface area (Å²) < 4.78 is 14.0. The van der Waals surface area contributed by atoms with E-state index in [1.807, 2.05) is 18.4 Å². The van der Waals surface area contributed by atoms with Gasteiger partial charge in [0.25, 0.3) is 0 Å². The largest absolute Gasteiger partial charge is 0.306 e. The van der Waals surface area contributed by atoms with Gasteiger partial charge in [0.2, 0.25) is 0 Å². The van der Waals surface area contributed by atoms with E-state index in [9.17, 15) is 4.39 Å². The van der Waals surface area contributed by atoms with Crippen LogP contribution in [0.1, 0.15) is 29.0 Å². The Labute approximate surface area is 116 Å². The number of nitrogens with one attached hydrogen (secondary N) is 1. The number of rotatable bonds is 4. The van der Waals surface area contributed by atoms with Gasteiger partial charge in [0.05, 0.1) is 6.04 Å². The van der Waals surface area contributed by atoms with Crippen LogP contribution in [0.2, 0.25) is 5.02 Å². The van der Waals surface area contributed by atoms with Crippen molar-refractivity contribution in [1.29, 1.82) is 0 Å². The number of hydrogen-bond acceptors (Lipinski definition) is 2. The predicted molar refractivity (Wildman–Crippen MR) is 76.0 cm³/mol. The minimum Gasteiger partial charge on any atom is -0.306 e. The summed E-state index contributed by atoms with van der Waals surface area (Å²) in [4.78, 5) is 1.20. The molecule has 0 radical (unpaired) electrons. The SMILES string of the molecule is CCNC(c1ccc(Cl)cc1F)c1ccsc1C. The van der Waals surface area contributed by atoms with Gasteiger partial charge in [-0.05, 0) is 42.6 Å². The van der Waals surface area contributed by atoms with Crippen molar-refractivity contribution >= 4 is 22.9 Å². The maximum atomic E-state index is 14.0. The molecule has 1 N–H and O–H groups in total. The standard InChI is InChI=1S/C14H15ClFNS/c1-3-17-14(11-6-7-18-9(11)2)12-5-4-10(15)8-13(12)16/h4-8,14,17H,3H2,1-2H3. The molecule has 0 amide bonds. The van der Waals surface area contributed by atoms with Crippen molar-refractivity contribution in [3.05, 3.63) is 56.5 Å². The van der Waals surface area contributed by atoms with Gasteiger partial charge in [0, 0.05) is 15.5 Å². The van der Waals surface area contributed by atoms with Crippen LogP contribution < -0.4 is 5.32 Å². The number of thiophene rings is 1. The molecule has 1 heterocycles. The van der Waals surface area contributed by atoms with Gasteiger partial charge in [-0.3, -0.25) is 0 Å². The lowest BCUT2D eigenvalue weighted by molar-refractivity contribution is 0.559. The molecule has 0 fully saturated rings. The van der Waals surface area contributed by atoms with Crippen LogP contribution in [0, 0.1) is 12.7 Å². The van der Waals surface area contributed by atoms with Crippen molar-refractivity contribution in [3.8, 4) is 0 Å². The number of halogens is 2. The van der Waals surface area contributed by atoms with Crippen molar-refractivity contribution in [2.24, 2.45) is 0 Å². The Balaban J connectivity index is 2.45. The summed E-state index contributed by atoms with van der Waals surface area (Å²) in [6.45, 7) is 4.85. The van der Waals surface area contributed by atoms with Crippen LogP contribution >= 0.6 is 22.9 Å². The number of aryl methyl sites for hydroxylation is 1. The molecule has 0 saturated carbocycles. The molecule has 0 bridgehead atoms. The predicted octanol–water partition coefficient (Wildman–Crippen LogP) is 4.55. The second-order valence-electron chi connectivity index (χ2n) is 4.09. The molecule has 0 saturated heterocycles. The average Bonchev–Trinajstić information content (AvgIpc) is 2.73. The van der Waals surface area contributed by atoms with Crippen LogP contribution in [0.4, 0.5) is 4.39 Å². The van der Waals surface area contributed by atoms with E-state index in [0.29, 0.717) is 10.6 Å². The second kappa shape index (κ2) is 5.83. The molecule has 0 aliphatic rings. The van der Waals surface area contributed by atoms with Gasteiger partial charge in [-0.2, -0.15) is 0 Å². The molecule has 0 aliphatic heterocycles. The van der Waals surface area contributed by atoms with Gasteiger partial charge in [0.1, 0.15) is 5.82 Å². The molecule has 0 aliphatic carbocycles. The highest BCUT2D eigenvalue weighted by atomic mass is 35.5. The summed E-state index contributed by atoms with van der Waals surface area (Å²) in [5, 5.41) is 5.78. The van der Waals surface area contributed by atoms with E-state index in [1.54, 1.807) is 23.5 Å². The van der Waals surface area contributed by atoms with E-state index >= 15 is 0 Å². The highest BCUT2D eigenvalue weighted by Crippen LogP contribution is 2.30. The van der Waals surface area contributed by atoms with Crippen LogP contribution in [-0.2, 0) is 0 Å². The monoisotopic (exact) mass is 283 g/mol. The zero-order valence-electron chi connectivity index (χ0n) is 10.3. The quantitative estimate of drug-likeness (QED) is 0.868. The fraction of sp³-hybridized carbons (Fsp3) is 0.286. The van der Waals surface area contributed by atoms with E-state index < -0.39 is 0 Å². The first-order chi connectivity index (χ1) is 8.63. The summed E-state index contributed by atoms with van der Waals surface area (Å²) in [6, 6.07) is 6.77. The molecule has 96 valence electrons. The van der Waals surface area contributed by atoms with Crippen LogP contribution in [0.15, 0.2) is 29.6 Å². The van der Waals surface area contributed by atoms with Crippen LogP contribution in [0.25, 0.3) is 0 Å². The third-order valence-electron chi connectivity index (χ3n) is 2.89. The van der Waals surface area contributed by atoms with Gasteiger partial charge >= 0.3 is 0 Å². The lowest BCUT2D eigenvalue weighted by atomic mass is 9.99. The normalized spacial score (nSPS) is 12.7. The third-order valence-corrected chi connectivity index (χ3v) is 3.99. The van der Waals surface area contributed by atoms with Crippen molar-refractivity contribution in [2.75, 3.05) is 6.54 Å². The zero-order chi connectivity index (χ0) is 13.1. The van der Waals surface area contributed by atoms with Gasteiger partial charge in [-0.25, -0.2) is 4.39 Å². The van der Waals surface area contributed by atoms with E-state index in [-0.39, 0.29) is 11.9 Å². The summed E-state index contributed by atoms with van der Waals surface area (Å²) in [5.41, 5.74) is 1.77. The minimum atomic E-state index is -0.265. The van der Waals surface area contributed by atoms with Crippen molar-refractivity contribution in [3.63, 3.8) is 0 Å². The molecule has 18 heavy (non-hydrogen) atoms. The minimum absolute atomic E-state index is 0.112. The molecule has 2 rings (SSSR count). The summed E-state index contributed by atoms with van der Waals surface area (Å²) in [7, 11) is 0. The Morgan fingerprint density at radius 1 is 1.33 bits per heavy atom. The molecule has 1 unspecified atom stereocenters. The Morgan fingerprint density at radius 3 is 2.67 bits per heavy atom. The lowest BCUT2D eigenvalue weighted by Gasteiger charge is -2.19. The Kier molecular flexibility index (Phi) is 4.38. The molecule has 1 aromatic heterocycles. The molecule has 1 atom stereocenters. The molecule has 1 nitrogen and oxygen atoms in total. The van der Waals surface area contributed by atoms with E-state index in [0.717, 1.165) is 12.1 Å². The molecular weight excluding hydrogens is 269 g/mol. The Hall–Kier alpha value is -0.900. The fourth-order valence-electron chi connectivity index (χ4n) is 2.02. The maximum absolute atomic E-state index is 14.0. The zero-order valence-corrected chi connectivity index (χ0v) is 11.9. The summed E-state index contributed by atoms with van der Waals surface area (Å²) in [6.07, 6.45) is 0. The van der Waals surface area contributed by atoms with Gasteiger partial charge in [0.15, 0.2) is 0 Å². The highest BCUT2D eigenvalue weighted by molar-refractivity contribution is 7.10. The van der Waals surface area contributed by atoms with Crippen LogP contribution in [0.5, 0.6) is 0 Å². The topological polar surface area (TPSA) is 12.0 Å². The van der Waals surface area contributed by atoms with Crippen molar-refractivity contribution in [2.45, 2.75) is 19.9 Å². The molecule has 2 aromatic rings. The molecule has 1 aromatic carbocycles. The number of hydrogen-bond donors (Lipinski definition) is 1. The van der Waals surface area contributed by atoms with Gasteiger partial charge < -0.3 is 5.32 Å². The van der Waals surface area contributed by atoms with E-state index in [2.05, 4.69) is 12.2 Å². The fourth-order valence-corrected chi connectivity index (χ4v) is 2.92. The Bertz CT molecular complexity index is 538. The van der Waals surface area contributed by atoms with E-state index in [4.69, 9.17) is 11.6 Å². The van der Waals surface area contributed by atoms with Crippen LogP contribution in [-0.4, -0.2) is 6.54 Å². The van der Waals surface area contributed by atoms with Crippen molar-refractivity contribution < 1.29 is 4.39 Å². The highest BCUT2D eigenvalue weighted by Gasteiger charge is 2.19. The number of benzene rings is 1. The molecule has 4 heteroatoms. The maximum Gasteiger partial charge on any atom is 0.129 e. The smallest absolute Gasteiger partial charge is 0.129 e. The van der Waals surface area contributed by atoms with Gasteiger partial charge in [-0.15, -0.1) is 11.3 Å². The first kappa shape index (κ1) is 13.5. The van der Waals surface area contributed by atoms with Gasteiger partial charge in [-0.1, -0.05) is 24.6 Å². The first-order valence-electron chi connectivity index (χ1n) is 5.85. The average molecular weight is 284 g/mol. The Morgan fingerprint density at radius 2 is 2.11 bits per heavy atom. The molecular formula is C14H15ClFNS. The summed E-state index contributed by atoms with van der Waals surface area (Å²) >= 11 is 7.47. The second-order valence-corrected chi connectivity index (χ2v) is 5.65. The van der Waals surface area contributed by atoms with Crippen LogP contribution in [0.3, 0.4) is 0 Å².